The Morgan fingerprint density at radius 2 is 2.26 bits per heavy atom. The van der Waals surface area contributed by atoms with Gasteiger partial charge in [0.15, 0.2) is 0 Å². The third-order valence-corrected chi connectivity index (χ3v) is 5.27. The molecule has 0 aromatic carbocycles. The number of nitrogens with one attached hydrogen (secondary N) is 1. The van der Waals surface area contributed by atoms with Gasteiger partial charge in [-0.25, -0.2) is 0 Å². The fourth-order valence-electron chi connectivity index (χ4n) is 2.68. The van der Waals surface area contributed by atoms with Crippen LogP contribution in [-0.2, 0) is 9.53 Å². The second-order valence-corrected chi connectivity index (χ2v) is 6.66. The molecule has 0 amide bonds. The molecule has 2 atom stereocenters. The van der Waals surface area contributed by atoms with E-state index in [9.17, 15) is 9.90 Å². The van der Waals surface area contributed by atoms with Crippen molar-refractivity contribution in [3.63, 3.8) is 0 Å². The summed E-state index contributed by atoms with van der Waals surface area (Å²) in [5, 5.41) is 13.0. The fourth-order valence-corrected chi connectivity index (χ4v) is 4.10. The maximum Gasteiger partial charge on any atom is 0.325 e. The smallest absolute Gasteiger partial charge is 0.325 e. The van der Waals surface area contributed by atoms with Crippen molar-refractivity contribution in [3.05, 3.63) is 0 Å². The first-order chi connectivity index (χ1) is 9.19. The lowest BCUT2D eigenvalue weighted by atomic mass is 9.95. The summed E-state index contributed by atoms with van der Waals surface area (Å²) in [7, 11) is 0. The molecule has 19 heavy (non-hydrogen) atoms. The van der Waals surface area contributed by atoms with Crippen LogP contribution < -0.4 is 5.32 Å². The molecular weight excluding hydrogens is 262 g/mol. The minimum atomic E-state index is -0.709. The Hall–Kier alpha value is -0.260. The Morgan fingerprint density at radius 3 is 2.79 bits per heavy atom. The zero-order valence-corrected chi connectivity index (χ0v) is 12.5. The Labute approximate surface area is 119 Å². The first-order valence-corrected chi connectivity index (χ1v) is 8.52. The van der Waals surface area contributed by atoms with Crippen LogP contribution in [0.25, 0.3) is 0 Å². The predicted octanol–water partition coefficient (Wildman–Crippen LogP) is 2.13. The van der Waals surface area contributed by atoms with Gasteiger partial charge in [0.1, 0.15) is 5.54 Å². The van der Waals surface area contributed by atoms with Crippen LogP contribution in [0.5, 0.6) is 0 Å². The normalized spacial score (nSPS) is 26.3. The standard InChI is InChI=1S/C14H25NO3S/c1-2-7-15-14(13(16)17,11-5-6-11)10-19-9-12-4-3-8-18-12/h11-12,15H,2-10H2,1H3,(H,16,17). The number of aliphatic carboxylic acids is 1. The van der Waals surface area contributed by atoms with Crippen molar-refractivity contribution in [2.24, 2.45) is 5.92 Å². The number of carboxylic acid groups (broad SMARTS) is 1. The molecule has 5 heteroatoms. The summed E-state index contributed by atoms with van der Waals surface area (Å²) in [6.07, 6.45) is 5.66. The third-order valence-electron chi connectivity index (χ3n) is 4.00. The Morgan fingerprint density at radius 1 is 1.47 bits per heavy atom. The lowest BCUT2D eigenvalue weighted by Gasteiger charge is -2.31. The highest BCUT2D eigenvalue weighted by atomic mass is 32.2. The van der Waals surface area contributed by atoms with Crippen LogP contribution in [0.3, 0.4) is 0 Å². The van der Waals surface area contributed by atoms with Crippen molar-refractivity contribution in [1.82, 2.24) is 5.32 Å². The molecular formula is C14H25NO3S. The Kier molecular flexibility index (Phi) is 5.54. The quantitative estimate of drug-likeness (QED) is 0.680. The second-order valence-electron chi connectivity index (χ2n) is 5.63. The van der Waals surface area contributed by atoms with E-state index in [4.69, 9.17) is 4.74 Å². The number of carbonyl (C=O) groups is 1. The largest absolute Gasteiger partial charge is 0.480 e. The van der Waals surface area contributed by atoms with Gasteiger partial charge in [0.05, 0.1) is 6.10 Å². The summed E-state index contributed by atoms with van der Waals surface area (Å²) >= 11 is 1.74. The van der Waals surface area contributed by atoms with Crippen molar-refractivity contribution in [2.75, 3.05) is 24.7 Å². The van der Waals surface area contributed by atoms with Crippen molar-refractivity contribution >= 4 is 17.7 Å². The average molecular weight is 287 g/mol. The summed E-state index contributed by atoms with van der Waals surface area (Å²) in [5.74, 6) is 1.22. The van der Waals surface area contributed by atoms with Gasteiger partial charge in [-0.15, -0.1) is 0 Å². The third kappa shape index (κ3) is 3.86. The van der Waals surface area contributed by atoms with Crippen molar-refractivity contribution in [3.8, 4) is 0 Å². The monoisotopic (exact) mass is 287 g/mol. The molecule has 0 radical (unpaired) electrons. The zero-order valence-electron chi connectivity index (χ0n) is 11.7. The molecule has 2 unspecified atom stereocenters. The number of hydrogen-bond acceptors (Lipinski definition) is 4. The van der Waals surface area contributed by atoms with E-state index in [1.54, 1.807) is 11.8 Å². The molecule has 1 aliphatic carbocycles. The van der Waals surface area contributed by atoms with Gasteiger partial charge < -0.3 is 15.2 Å². The van der Waals surface area contributed by atoms with Crippen LogP contribution in [0.2, 0.25) is 0 Å². The molecule has 110 valence electrons. The van der Waals surface area contributed by atoms with E-state index in [-0.39, 0.29) is 0 Å². The van der Waals surface area contributed by atoms with Crippen LogP contribution in [0.4, 0.5) is 0 Å². The molecule has 2 aliphatic rings. The summed E-state index contributed by atoms with van der Waals surface area (Å²) in [5.41, 5.74) is -0.709. The van der Waals surface area contributed by atoms with Crippen molar-refractivity contribution in [2.45, 2.75) is 50.7 Å². The maximum atomic E-state index is 11.7. The lowest BCUT2D eigenvalue weighted by molar-refractivity contribution is -0.144. The van der Waals surface area contributed by atoms with Gasteiger partial charge in [-0.2, -0.15) is 11.8 Å². The van der Waals surface area contributed by atoms with E-state index in [0.29, 0.717) is 17.8 Å². The summed E-state index contributed by atoms with van der Waals surface area (Å²) in [6, 6.07) is 0. The van der Waals surface area contributed by atoms with Gasteiger partial charge in [-0.05, 0) is 44.6 Å². The molecule has 1 aliphatic heterocycles. The second kappa shape index (κ2) is 6.95. The highest BCUT2D eigenvalue weighted by molar-refractivity contribution is 7.99. The number of rotatable bonds is 9. The molecule has 2 N–H and O–H groups in total. The van der Waals surface area contributed by atoms with E-state index >= 15 is 0 Å². The van der Waals surface area contributed by atoms with Crippen molar-refractivity contribution in [1.29, 1.82) is 0 Å². The van der Waals surface area contributed by atoms with E-state index < -0.39 is 11.5 Å². The summed E-state index contributed by atoms with van der Waals surface area (Å²) in [6.45, 7) is 3.72. The number of carboxylic acids is 1. The number of hydrogen-bond donors (Lipinski definition) is 2. The number of ether oxygens (including phenoxy) is 1. The van der Waals surface area contributed by atoms with Gasteiger partial charge in [0.25, 0.3) is 0 Å². The van der Waals surface area contributed by atoms with Gasteiger partial charge in [0.2, 0.25) is 0 Å². The SMILES string of the molecule is CCCNC(CSCC1CCCO1)(C(=O)O)C1CC1. The predicted molar refractivity (Wildman–Crippen MR) is 77.7 cm³/mol. The maximum absolute atomic E-state index is 11.7. The molecule has 1 heterocycles. The summed E-state index contributed by atoms with van der Waals surface area (Å²) < 4.78 is 5.60. The van der Waals surface area contributed by atoms with Crippen LogP contribution in [0, 0.1) is 5.92 Å². The van der Waals surface area contributed by atoms with E-state index in [1.165, 1.54) is 0 Å². The Balaban J connectivity index is 1.86. The summed E-state index contributed by atoms with van der Waals surface area (Å²) in [4.78, 5) is 11.7. The first-order valence-electron chi connectivity index (χ1n) is 7.37. The Bertz CT molecular complexity index is 303. The van der Waals surface area contributed by atoms with E-state index in [0.717, 1.165) is 51.0 Å². The molecule has 4 nitrogen and oxygen atoms in total. The molecule has 1 saturated heterocycles. The van der Waals surface area contributed by atoms with Crippen LogP contribution in [0.15, 0.2) is 0 Å². The highest BCUT2D eigenvalue weighted by Gasteiger charge is 2.50. The molecule has 0 spiro atoms. The van der Waals surface area contributed by atoms with E-state index in [1.807, 2.05) is 0 Å². The lowest BCUT2D eigenvalue weighted by Crippen LogP contribution is -2.56. The average Bonchev–Trinajstić information content (AvgIpc) is 3.11. The van der Waals surface area contributed by atoms with Crippen LogP contribution in [0.1, 0.15) is 39.0 Å². The molecule has 2 fully saturated rings. The fraction of sp³-hybridized carbons (Fsp3) is 0.929. The molecule has 0 bridgehead atoms. The minimum absolute atomic E-state index is 0.313. The minimum Gasteiger partial charge on any atom is -0.480 e. The topological polar surface area (TPSA) is 58.6 Å². The van der Waals surface area contributed by atoms with Gasteiger partial charge >= 0.3 is 5.97 Å². The molecule has 1 saturated carbocycles. The first kappa shape index (κ1) is 15.1. The van der Waals surface area contributed by atoms with E-state index in [2.05, 4.69) is 12.2 Å². The van der Waals surface area contributed by atoms with Gasteiger partial charge in [-0.1, -0.05) is 6.92 Å². The van der Waals surface area contributed by atoms with Gasteiger partial charge in [0, 0.05) is 18.1 Å². The molecule has 0 aromatic heterocycles. The van der Waals surface area contributed by atoms with Crippen LogP contribution in [-0.4, -0.2) is 47.4 Å². The van der Waals surface area contributed by atoms with Crippen molar-refractivity contribution < 1.29 is 14.6 Å². The highest BCUT2D eigenvalue weighted by Crippen LogP contribution is 2.42. The number of thioether (sulfide) groups is 1. The van der Waals surface area contributed by atoms with Gasteiger partial charge in [-0.3, -0.25) is 4.79 Å². The van der Waals surface area contributed by atoms with Crippen LogP contribution >= 0.6 is 11.8 Å². The zero-order chi connectivity index (χ0) is 13.7. The molecule has 2 rings (SSSR count). The molecule has 0 aromatic rings.